The van der Waals surface area contributed by atoms with Crippen LogP contribution >= 0.6 is 0 Å². The number of hydrogen-bond donors (Lipinski definition) is 2. The number of nitrogens with one attached hydrogen (secondary N) is 2. The standard InChI is InChI=1S/C17H22N2O2/c1-12-3-4-14-13(9-12)10-15(21-14)16(20)19-11-17(2)5-7-18-8-6-17/h3-4,9-10,18H,5-8,11H2,1-2H3,(H,19,20). The van der Waals surface area contributed by atoms with Crippen molar-refractivity contribution in [2.24, 2.45) is 5.41 Å². The van der Waals surface area contributed by atoms with E-state index < -0.39 is 0 Å². The Morgan fingerprint density at radius 2 is 2.10 bits per heavy atom. The molecule has 0 atom stereocenters. The zero-order valence-electron chi connectivity index (χ0n) is 12.7. The zero-order valence-corrected chi connectivity index (χ0v) is 12.7. The molecule has 4 heteroatoms. The van der Waals surface area contributed by atoms with Gasteiger partial charge in [-0.2, -0.15) is 0 Å². The fraction of sp³-hybridized carbons (Fsp3) is 0.471. The number of aryl methyl sites for hydroxylation is 1. The highest BCUT2D eigenvalue weighted by atomic mass is 16.3. The monoisotopic (exact) mass is 286 g/mol. The topological polar surface area (TPSA) is 54.3 Å². The molecule has 112 valence electrons. The lowest BCUT2D eigenvalue weighted by atomic mass is 9.81. The van der Waals surface area contributed by atoms with E-state index in [0.29, 0.717) is 12.3 Å². The van der Waals surface area contributed by atoms with Crippen LogP contribution in [0.4, 0.5) is 0 Å². The predicted molar refractivity (Wildman–Crippen MR) is 83.5 cm³/mol. The van der Waals surface area contributed by atoms with E-state index in [2.05, 4.69) is 17.6 Å². The van der Waals surface area contributed by atoms with Gasteiger partial charge in [0, 0.05) is 11.9 Å². The summed E-state index contributed by atoms with van der Waals surface area (Å²) in [7, 11) is 0. The highest BCUT2D eigenvalue weighted by molar-refractivity contribution is 5.96. The van der Waals surface area contributed by atoms with E-state index in [4.69, 9.17) is 4.42 Å². The molecular formula is C17H22N2O2. The molecule has 3 rings (SSSR count). The van der Waals surface area contributed by atoms with Gasteiger partial charge in [0.2, 0.25) is 0 Å². The molecule has 1 aliphatic heterocycles. The minimum Gasteiger partial charge on any atom is -0.451 e. The van der Waals surface area contributed by atoms with Crippen molar-refractivity contribution in [3.05, 3.63) is 35.6 Å². The van der Waals surface area contributed by atoms with Gasteiger partial charge in [-0.1, -0.05) is 18.6 Å². The molecule has 2 aromatic rings. The van der Waals surface area contributed by atoms with Gasteiger partial charge < -0.3 is 15.1 Å². The molecular weight excluding hydrogens is 264 g/mol. The van der Waals surface area contributed by atoms with E-state index in [9.17, 15) is 4.79 Å². The number of furan rings is 1. The van der Waals surface area contributed by atoms with Crippen LogP contribution in [0.5, 0.6) is 0 Å². The van der Waals surface area contributed by atoms with Gasteiger partial charge in [-0.3, -0.25) is 4.79 Å². The Morgan fingerprint density at radius 1 is 1.33 bits per heavy atom. The third kappa shape index (κ3) is 3.10. The maximum absolute atomic E-state index is 12.3. The molecule has 0 bridgehead atoms. The summed E-state index contributed by atoms with van der Waals surface area (Å²) in [6, 6.07) is 7.76. The average molecular weight is 286 g/mol. The second kappa shape index (κ2) is 5.53. The summed E-state index contributed by atoms with van der Waals surface area (Å²) in [6.45, 7) is 7.01. The van der Waals surface area contributed by atoms with Crippen LogP contribution in [-0.2, 0) is 0 Å². The molecule has 1 amide bonds. The van der Waals surface area contributed by atoms with Crippen LogP contribution in [0.1, 0.15) is 35.9 Å². The summed E-state index contributed by atoms with van der Waals surface area (Å²) < 4.78 is 5.63. The van der Waals surface area contributed by atoms with Gasteiger partial charge in [0.1, 0.15) is 5.58 Å². The summed E-state index contributed by atoms with van der Waals surface area (Å²) in [5.41, 5.74) is 2.11. The van der Waals surface area contributed by atoms with Crippen molar-refractivity contribution in [3.63, 3.8) is 0 Å². The van der Waals surface area contributed by atoms with E-state index in [1.54, 1.807) is 0 Å². The third-order valence-corrected chi connectivity index (χ3v) is 4.38. The number of hydrogen-bond acceptors (Lipinski definition) is 3. The summed E-state index contributed by atoms with van der Waals surface area (Å²) in [5, 5.41) is 7.36. The maximum Gasteiger partial charge on any atom is 0.287 e. The molecule has 0 unspecified atom stereocenters. The SMILES string of the molecule is Cc1ccc2oc(C(=O)NCC3(C)CCNCC3)cc2c1. The molecule has 0 aliphatic carbocycles. The minimum absolute atomic E-state index is 0.122. The van der Waals surface area contributed by atoms with E-state index >= 15 is 0 Å². The van der Waals surface area contributed by atoms with Crippen LogP contribution in [0, 0.1) is 12.3 Å². The normalized spacial score (nSPS) is 17.8. The Labute approximate surface area is 124 Å². The highest BCUT2D eigenvalue weighted by Gasteiger charge is 2.27. The van der Waals surface area contributed by atoms with Gasteiger partial charge in [-0.15, -0.1) is 0 Å². The van der Waals surface area contributed by atoms with Crippen LogP contribution in [0.15, 0.2) is 28.7 Å². The molecule has 2 heterocycles. The fourth-order valence-corrected chi connectivity index (χ4v) is 2.86. The molecule has 0 saturated carbocycles. The van der Waals surface area contributed by atoms with E-state index in [0.717, 1.165) is 42.5 Å². The van der Waals surface area contributed by atoms with Crippen molar-refractivity contribution < 1.29 is 9.21 Å². The number of carbonyl (C=O) groups is 1. The van der Waals surface area contributed by atoms with Gasteiger partial charge in [0.25, 0.3) is 5.91 Å². The number of fused-ring (bicyclic) bond motifs is 1. The molecule has 1 saturated heterocycles. The van der Waals surface area contributed by atoms with Gasteiger partial charge >= 0.3 is 0 Å². The average Bonchev–Trinajstić information content (AvgIpc) is 2.88. The van der Waals surface area contributed by atoms with Crippen molar-refractivity contribution >= 4 is 16.9 Å². The first kappa shape index (κ1) is 14.1. The predicted octanol–water partition coefficient (Wildman–Crippen LogP) is 2.86. The van der Waals surface area contributed by atoms with Crippen LogP contribution in [-0.4, -0.2) is 25.5 Å². The molecule has 0 spiro atoms. The Balaban J connectivity index is 1.69. The summed E-state index contributed by atoms with van der Waals surface area (Å²) in [5.74, 6) is 0.275. The second-order valence-electron chi connectivity index (χ2n) is 6.40. The summed E-state index contributed by atoms with van der Waals surface area (Å²) >= 11 is 0. The van der Waals surface area contributed by atoms with Crippen LogP contribution in [0.3, 0.4) is 0 Å². The third-order valence-electron chi connectivity index (χ3n) is 4.38. The number of benzene rings is 1. The van der Waals surface area contributed by atoms with Crippen molar-refractivity contribution in [2.75, 3.05) is 19.6 Å². The van der Waals surface area contributed by atoms with Gasteiger partial charge in [0.15, 0.2) is 5.76 Å². The van der Waals surface area contributed by atoms with E-state index in [1.165, 1.54) is 0 Å². The number of rotatable bonds is 3. The number of piperidine rings is 1. The lowest BCUT2D eigenvalue weighted by molar-refractivity contribution is 0.0896. The molecule has 0 radical (unpaired) electrons. The first-order chi connectivity index (χ1) is 10.1. The van der Waals surface area contributed by atoms with Crippen molar-refractivity contribution in [2.45, 2.75) is 26.7 Å². The molecule has 1 aromatic heterocycles. The van der Waals surface area contributed by atoms with E-state index in [1.807, 2.05) is 31.2 Å². The van der Waals surface area contributed by atoms with E-state index in [-0.39, 0.29) is 11.3 Å². The molecule has 21 heavy (non-hydrogen) atoms. The van der Waals surface area contributed by atoms with Crippen LogP contribution < -0.4 is 10.6 Å². The largest absolute Gasteiger partial charge is 0.451 e. The lowest BCUT2D eigenvalue weighted by Crippen LogP contribution is -2.42. The van der Waals surface area contributed by atoms with Crippen molar-refractivity contribution in [1.29, 1.82) is 0 Å². The molecule has 1 fully saturated rings. The van der Waals surface area contributed by atoms with Gasteiger partial charge in [-0.05, 0) is 56.5 Å². The Kier molecular flexibility index (Phi) is 3.72. The zero-order chi connectivity index (χ0) is 14.9. The quantitative estimate of drug-likeness (QED) is 0.912. The molecule has 1 aliphatic rings. The van der Waals surface area contributed by atoms with Gasteiger partial charge in [-0.25, -0.2) is 0 Å². The number of amides is 1. The lowest BCUT2D eigenvalue weighted by Gasteiger charge is -2.33. The molecule has 4 nitrogen and oxygen atoms in total. The van der Waals surface area contributed by atoms with Crippen molar-refractivity contribution in [1.82, 2.24) is 10.6 Å². The molecule has 2 N–H and O–H groups in total. The molecule has 1 aromatic carbocycles. The van der Waals surface area contributed by atoms with Crippen LogP contribution in [0.25, 0.3) is 11.0 Å². The maximum atomic E-state index is 12.3. The minimum atomic E-state index is -0.122. The highest BCUT2D eigenvalue weighted by Crippen LogP contribution is 2.27. The van der Waals surface area contributed by atoms with Crippen LogP contribution in [0.2, 0.25) is 0 Å². The Hall–Kier alpha value is -1.81. The first-order valence-corrected chi connectivity index (χ1v) is 7.55. The first-order valence-electron chi connectivity index (χ1n) is 7.55. The fourth-order valence-electron chi connectivity index (χ4n) is 2.86. The van der Waals surface area contributed by atoms with Gasteiger partial charge in [0.05, 0.1) is 0 Å². The summed E-state index contributed by atoms with van der Waals surface area (Å²) in [4.78, 5) is 12.3. The second-order valence-corrected chi connectivity index (χ2v) is 6.40. The van der Waals surface area contributed by atoms with Crippen molar-refractivity contribution in [3.8, 4) is 0 Å². The summed E-state index contributed by atoms with van der Waals surface area (Å²) in [6.07, 6.45) is 2.18. The Bertz CT molecular complexity index is 654. The Morgan fingerprint density at radius 3 is 2.86 bits per heavy atom. The number of carbonyl (C=O) groups excluding carboxylic acids is 1. The smallest absolute Gasteiger partial charge is 0.287 e.